The van der Waals surface area contributed by atoms with E-state index >= 15 is 0 Å². The number of aryl methyl sites for hydroxylation is 1. The SMILES string of the molecule is Cc1nc2n(c1CO)-c1ccccc1N(C)c1ccccc1-2. The summed E-state index contributed by atoms with van der Waals surface area (Å²) in [5.74, 6) is 0.883. The van der Waals surface area contributed by atoms with Gasteiger partial charge in [0.15, 0.2) is 0 Å². The molecule has 4 rings (SSSR count). The van der Waals surface area contributed by atoms with Crippen LogP contribution in [0, 0.1) is 6.92 Å². The lowest BCUT2D eigenvalue weighted by Crippen LogP contribution is -2.11. The second-order valence-electron chi connectivity index (χ2n) is 5.53. The van der Waals surface area contributed by atoms with Crippen LogP contribution in [-0.4, -0.2) is 21.7 Å². The highest BCUT2D eigenvalue weighted by Gasteiger charge is 2.26. The van der Waals surface area contributed by atoms with Crippen LogP contribution < -0.4 is 4.90 Å². The molecule has 0 aliphatic carbocycles. The third-order valence-corrected chi connectivity index (χ3v) is 4.31. The number of para-hydroxylation sites is 3. The van der Waals surface area contributed by atoms with Gasteiger partial charge < -0.3 is 10.0 Å². The maximum absolute atomic E-state index is 9.82. The first-order chi connectivity index (χ1) is 10.7. The highest BCUT2D eigenvalue weighted by atomic mass is 16.3. The van der Waals surface area contributed by atoms with E-state index in [9.17, 15) is 5.11 Å². The topological polar surface area (TPSA) is 41.3 Å². The number of aliphatic hydroxyl groups excluding tert-OH is 1. The van der Waals surface area contributed by atoms with Gasteiger partial charge in [0, 0.05) is 12.6 Å². The minimum absolute atomic E-state index is 0.0287. The molecule has 1 N–H and O–H groups in total. The molecular formula is C18H17N3O. The Morgan fingerprint density at radius 3 is 2.32 bits per heavy atom. The molecule has 2 aromatic carbocycles. The third-order valence-electron chi connectivity index (χ3n) is 4.31. The molecule has 0 fully saturated rings. The summed E-state index contributed by atoms with van der Waals surface area (Å²) in [6.07, 6.45) is 0. The highest BCUT2D eigenvalue weighted by Crippen LogP contribution is 2.42. The molecule has 0 saturated heterocycles. The smallest absolute Gasteiger partial charge is 0.147 e. The zero-order chi connectivity index (χ0) is 15.3. The molecule has 1 aliphatic heterocycles. The summed E-state index contributed by atoms with van der Waals surface area (Å²) in [7, 11) is 2.07. The third kappa shape index (κ3) is 1.64. The van der Waals surface area contributed by atoms with Crippen molar-refractivity contribution in [1.29, 1.82) is 0 Å². The van der Waals surface area contributed by atoms with E-state index in [1.54, 1.807) is 0 Å². The molecule has 4 nitrogen and oxygen atoms in total. The molecular weight excluding hydrogens is 274 g/mol. The van der Waals surface area contributed by atoms with E-state index in [0.717, 1.165) is 39.8 Å². The van der Waals surface area contributed by atoms with Crippen LogP contribution in [0.4, 0.5) is 11.4 Å². The number of aromatic nitrogens is 2. The number of hydrogen-bond donors (Lipinski definition) is 1. The summed E-state index contributed by atoms with van der Waals surface area (Å²) >= 11 is 0. The van der Waals surface area contributed by atoms with Gasteiger partial charge in [-0.05, 0) is 31.2 Å². The Morgan fingerprint density at radius 2 is 1.59 bits per heavy atom. The van der Waals surface area contributed by atoms with Gasteiger partial charge in [-0.3, -0.25) is 4.57 Å². The first-order valence-corrected chi connectivity index (χ1v) is 7.34. The van der Waals surface area contributed by atoms with Gasteiger partial charge in [0.1, 0.15) is 5.82 Å². The minimum Gasteiger partial charge on any atom is -0.390 e. The van der Waals surface area contributed by atoms with E-state index in [1.165, 1.54) is 0 Å². The molecule has 0 saturated carbocycles. The first kappa shape index (κ1) is 13.1. The van der Waals surface area contributed by atoms with Crippen LogP contribution in [0.1, 0.15) is 11.4 Å². The summed E-state index contributed by atoms with van der Waals surface area (Å²) in [4.78, 5) is 6.91. The quantitative estimate of drug-likeness (QED) is 0.747. The van der Waals surface area contributed by atoms with Crippen LogP contribution in [0.15, 0.2) is 48.5 Å². The summed E-state index contributed by atoms with van der Waals surface area (Å²) in [6, 6.07) is 16.5. The number of fused-ring (bicyclic) bond motifs is 5. The number of rotatable bonds is 1. The van der Waals surface area contributed by atoms with Crippen LogP contribution in [0.3, 0.4) is 0 Å². The van der Waals surface area contributed by atoms with Crippen molar-refractivity contribution in [2.45, 2.75) is 13.5 Å². The average Bonchev–Trinajstić information content (AvgIpc) is 2.85. The normalized spacial score (nSPS) is 12.4. The first-order valence-electron chi connectivity index (χ1n) is 7.34. The second-order valence-corrected chi connectivity index (χ2v) is 5.53. The van der Waals surface area contributed by atoms with Crippen molar-refractivity contribution >= 4 is 11.4 Å². The summed E-state index contributed by atoms with van der Waals surface area (Å²) < 4.78 is 2.08. The van der Waals surface area contributed by atoms with E-state index in [2.05, 4.69) is 40.8 Å². The van der Waals surface area contributed by atoms with Crippen molar-refractivity contribution in [3.05, 3.63) is 59.9 Å². The van der Waals surface area contributed by atoms with Gasteiger partial charge in [0.25, 0.3) is 0 Å². The number of hydrogen-bond acceptors (Lipinski definition) is 3. The van der Waals surface area contributed by atoms with Gasteiger partial charge in [-0.2, -0.15) is 0 Å². The summed E-state index contributed by atoms with van der Waals surface area (Å²) in [6.45, 7) is 1.92. The molecule has 110 valence electrons. The largest absolute Gasteiger partial charge is 0.390 e. The Hall–Kier alpha value is -2.59. The van der Waals surface area contributed by atoms with Gasteiger partial charge in [-0.1, -0.05) is 24.3 Å². The predicted octanol–water partition coefficient (Wildman–Crippen LogP) is 3.42. The van der Waals surface area contributed by atoms with E-state index < -0.39 is 0 Å². The lowest BCUT2D eigenvalue weighted by atomic mass is 10.1. The maximum Gasteiger partial charge on any atom is 0.147 e. The second kappa shape index (κ2) is 4.71. The van der Waals surface area contributed by atoms with Crippen LogP contribution in [0.2, 0.25) is 0 Å². The molecule has 2 heterocycles. The van der Waals surface area contributed by atoms with Crippen molar-refractivity contribution in [3.8, 4) is 17.1 Å². The molecule has 1 aliphatic rings. The fourth-order valence-electron chi connectivity index (χ4n) is 3.21. The number of imidazole rings is 1. The maximum atomic E-state index is 9.82. The molecule has 22 heavy (non-hydrogen) atoms. The average molecular weight is 291 g/mol. The lowest BCUT2D eigenvalue weighted by molar-refractivity contribution is 0.274. The number of benzene rings is 2. The van der Waals surface area contributed by atoms with Crippen molar-refractivity contribution in [3.63, 3.8) is 0 Å². The lowest BCUT2D eigenvalue weighted by Gasteiger charge is -2.21. The highest BCUT2D eigenvalue weighted by molar-refractivity contribution is 5.86. The zero-order valence-corrected chi connectivity index (χ0v) is 12.6. The van der Waals surface area contributed by atoms with E-state index in [4.69, 9.17) is 4.98 Å². The monoisotopic (exact) mass is 291 g/mol. The van der Waals surface area contributed by atoms with Gasteiger partial charge in [0.2, 0.25) is 0 Å². The van der Waals surface area contributed by atoms with Crippen molar-refractivity contribution in [1.82, 2.24) is 9.55 Å². The molecule has 0 atom stereocenters. The fraction of sp³-hybridized carbons (Fsp3) is 0.167. The Bertz CT molecular complexity index is 867. The molecule has 4 heteroatoms. The van der Waals surface area contributed by atoms with E-state index in [1.807, 2.05) is 31.2 Å². The minimum atomic E-state index is -0.0287. The Kier molecular flexibility index (Phi) is 2.81. The molecule has 0 spiro atoms. The predicted molar refractivity (Wildman–Crippen MR) is 87.7 cm³/mol. The van der Waals surface area contributed by atoms with Crippen LogP contribution in [0.5, 0.6) is 0 Å². The molecule has 0 radical (unpaired) electrons. The molecule has 0 bridgehead atoms. The summed E-state index contributed by atoms with van der Waals surface area (Å²) in [5.41, 5.74) is 6.04. The van der Waals surface area contributed by atoms with Gasteiger partial charge in [-0.15, -0.1) is 0 Å². The van der Waals surface area contributed by atoms with Crippen LogP contribution in [0.25, 0.3) is 17.1 Å². The van der Waals surface area contributed by atoms with Crippen molar-refractivity contribution < 1.29 is 5.11 Å². The Morgan fingerprint density at radius 1 is 0.955 bits per heavy atom. The fourth-order valence-corrected chi connectivity index (χ4v) is 3.21. The van der Waals surface area contributed by atoms with Crippen LogP contribution >= 0.6 is 0 Å². The Labute approximate surface area is 129 Å². The number of nitrogens with zero attached hydrogens (tertiary/aromatic N) is 3. The van der Waals surface area contributed by atoms with Crippen molar-refractivity contribution in [2.24, 2.45) is 0 Å². The number of anilines is 2. The summed E-state index contributed by atoms with van der Waals surface area (Å²) in [5, 5.41) is 9.82. The molecule has 3 aromatic rings. The molecule has 1 aromatic heterocycles. The standard InChI is InChI=1S/C18H17N3O/c1-12-17(11-22)21-16-10-6-5-9-15(16)20(2)14-8-4-3-7-13(14)18(21)19-12/h3-10,22H,11H2,1-2H3. The van der Waals surface area contributed by atoms with Crippen molar-refractivity contribution in [2.75, 3.05) is 11.9 Å². The van der Waals surface area contributed by atoms with Crippen LogP contribution in [-0.2, 0) is 6.61 Å². The Balaban J connectivity index is 2.18. The number of aliphatic hydroxyl groups is 1. The van der Waals surface area contributed by atoms with Gasteiger partial charge >= 0.3 is 0 Å². The van der Waals surface area contributed by atoms with Gasteiger partial charge in [-0.25, -0.2) is 4.98 Å². The van der Waals surface area contributed by atoms with Gasteiger partial charge in [0.05, 0.1) is 35.1 Å². The molecule has 0 unspecified atom stereocenters. The zero-order valence-electron chi connectivity index (χ0n) is 12.6. The van der Waals surface area contributed by atoms with E-state index in [-0.39, 0.29) is 6.61 Å². The van der Waals surface area contributed by atoms with E-state index in [0.29, 0.717) is 0 Å². The molecule has 0 amide bonds.